The van der Waals surface area contributed by atoms with Gasteiger partial charge in [-0.25, -0.2) is 0 Å². The monoisotopic (exact) mass is 361 g/mol. The molecule has 25 heavy (non-hydrogen) atoms. The van der Waals surface area contributed by atoms with Crippen LogP contribution in [0.15, 0.2) is 24.3 Å². The summed E-state index contributed by atoms with van der Waals surface area (Å²) in [4.78, 5) is 12.9. The number of carbonyl (C=O) groups is 1. The third kappa shape index (κ3) is 4.78. The summed E-state index contributed by atoms with van der Waals surface area (Å²) in [5.41, 5.74) is 2.74. The van der Waals surface area contributed by atoms with E-state index in [-0.39, 0.29) is 18.0 Å². The largest absolute Gasteiger partial charge is 0.351 e. The molecule has 0 spiro atoms. The highest BCUT2D eigenvalue weighted by atomic mass is 32.1. The first-order valence-electron chi connectivity index (χ1n) is 9.58. The number of fused-ring (bicyclic) bond motifs is 1. The average Bonchev–Trinajstić information content (AvgIpc) is 3.19. The summed E-state index contributed by atoms with van der Waals surface area (Å²) < 4.78 is 0. The minimum Gasteiger partial charge on any atom is -0.351 e. The van der Waals surface area contributed by atoms with Crippen molar-refractivity contribution in [3.8, 4) is 0 Å². The molecule has 3 N–H and O–H groups in total. The van der Waals surface area contributed by atoms with Crippen molar-refractivity contribution in [2.24, 2.45) is 5.92 Å². The van der Waals surface area contributed by atoms with Gasteiger partial charge in [0.05, 0.1) is 6.04 Å². The molecule has 4 atom stereocenters. The van der Waals surface area contributed by atoms with Gasteiger partial charge in [-0.1, -0.05) is 44.5 Å². The second-order valence-electron chi connectivity index (χ2n) is 7.65. The highest BCUT2D eigenvalue weighted by molar-refractivity contribution is 7.81. The van der Waals surface area contributed by atoms with Gasteiger partial charge in [-0.05, 0) is 36.3 Å². The summed E-state index contributed by atoms with van der Waals surface area (Å²) in [6.07, 6.45) is 3.94. The molecule has 2 aliphatic rings. The summed E-state index contributed by atoms with van der Waals surface area (Å²) in [6.45, 7) is 6.08. The molecule has 1 aliphatic carbocycles. The topological polar surface area (TPSA) is 53.2 Å². The van der Waals surface area contributed by atoms with Crippen molar-refractivity contribution in [1.82, 2.24) is 16.0 Å². The fraction of sp³-hybridized carbons (Fsp3) is 0.650. The van der Waals surface area contributed by atoms with E-state index in [0.29, 0.717) is 17.2 Å². The van der Waals surface area contributed by atoms with Gasteiger partial charge in [-0.2, -0.15) is 12.6 Å². The number of benzene rings is 1. The molecule has 1 aromatic carbocycles. The summed E-state index contributed by atoms with van der Waals surface area (Å²) in [5.74, 6) is 0.463. The number of amides is 1. The normalized spacial score (nSPS) is 25.6. The minimum absolute atomic E-state index is 0.130. The Morgan fingerprint density at radius 3 is 2.56 bits per heavy atom. The van der Waals surface area contributed by atoms with Crippen molar-refractivity contribution >= 4 is 18.5 Å². The van der Waals surface area contributed by atoms with E-state index in [2.05, 4.69) is 66.7 Å². The molecule has 1 saturated heterocycles. The SMILES string of the molecule is CC[C@H](C)[C@H](NC[C@H]1C[C@@H](S)CN1)C(=O)NC1Cc2ccccc2C1. The van der Waals surface area contributed by atoms with Gasteiger partial charge in [0, 0.05) is 30.4 Å². The van der Waals surface area contributed by atoms with Gasteiger partial charge < -0.3 is 16.0 Å². The van der Waals surface area contributed by atoms with E-state index in [9.17, 15) is 4.79 Å². The van der Waals surface area contributed by atoms with E-state index in [4.69, 9.17) is 0 Å². The van der Waals surface area contributed by atoms with E-state index < -0.39 is 0 Å². The highest BCUT2D eigenvalue weighted by Crippen LogP contribution is 2.22. The maximum absolute atomic E-state index is 12.9. The molecule has 138 valence electrons. The lowest BCUT2D eigenvalue weighted by atomic mass is 9.97. The zero-order chi connectivity index (χ0) is 17.8. The fourth-order valence-electron chi connectivity index (χ4n) is 3.96. The third-order valence-electron chi connectivity index (χ3n) is 5.68. The maximum Gasteiger partial charge on any atom is 0.237 e. The molecular weight excluding hydrogens is 330 g/mol. The molecule has 4 nitrogen and oxygen atoms in total. The van der Waals surface area contributed by atoms with Crippen molar-refractivity contribution in [3.63, 3.8) is 0 Å². The lowest BCUT2D eigenvalue weighted by molar-refractivity contribution is -0.125. The molecule has 0 bridgehead atoms. The predicted molar refractivity (Wildman–Crippen MR) is 106 cm³/mol. The summed E-state index contributed by atoms with van der Waals surface area (Å²) in [5, 5.41) is 10.7. The van der Waals surface area contributed by atoms with E-state index in [1.165, 1.54) is 11.1 Å². The van der Waals surface area contributed by atoms with Crippen LogP contribution in [0, 0.1) is 5.92 Å². The Hall–Kier alpha value is -1.04. The van der Waals surface area contributed by atoms with E-state index in [0.717, 1.165) is 38.8 Å². The Kier molecular flexibility index (Phi) is 6.42. The van der Waals surface area contributed by atoms with Gasteiger partial charge in [0.1, 0.15) is 0 Å². The molecule has 1 aliphatic heterocycles. The fourth-order valence-corrected chi connectivity index (χ4v) is 4.32. The van der Waals surface area contributed by atoms with Gasteiger partial charge in [0.15, 0.2) is 0 Å². The Labute approximate surface area is 156 Å². The quantitative estimate of drug-likeness (QED) is 0.562. The number of rotatable bonds is 7. The Bertz CT molecular complexity index is 569. The van der Waals surface area contributed by atoms with E-state index in [1.807, 2.05) is 0 Å². The van der Waals surface area contributed by atoms with Crippen LogP contribution >= 0.6 is 12.6 Å². The number of hydrogen-bond donors (Lipinski definition) is 4. The molecule has 1 amide bonds. The summed E-state index contributed by atoms with van der Waals surface area (Å²) in [6, 6.07) is 9.01. The number of nitrogens with one attached hydrogen (secondary N) is 3. The molecule has 0 aromatic heterocycles. The molecule has 1 fully saturated rings. The lowest BCUT2D eigenvalue weighted by Crippen LogP contribution is -2.53. The molecule has 0 saturated carbocycles. The van der Waals surface area contributed by atoms with Gasteiger partial charge in [0.25, 0.3) is 0 Å². The Morgan fingerprint density at radius 2 is 2.00 bits per heavy atom. The van der Waals surface area contributed by atoms with E-state index >= 15 is 0 Å². The highest BCUT2D eigenvalue weighted by Gasteiger charge is 2.30. The molecule has 1 aromatic rings. The van der Waals surface area contributed by atoms with Crippen LogP contribution in [0.2, 0.25) is 0 Å². The van der Waals surface area contributed by atoms with Crippen LogP contribution in [-0.2, 0) is 17.6 Å². The van der Waals surface area contributed by atoms with Crippen molar-refractivity contribution in [3.05, 3.63) is 35.4 Å². The number of hydrogen-bond acceptors (Lipinski definition) is 4. The third-order valence-corrected chi connectivity index (χ3v) is 6.07. The molecule has 3 rings (SSSR count). The zero-order valence-corrected chi connectivity index (χ0v) is 16.2. The summed E-state index contributed by atoms with van der Waals surface area (Å²) in [7, 11) is 0. The van der Waals surface area contributed by atoms with Crippen molar-refractivity contribution < 1.29 is 4.79 Å². The van der Waals surface area contributed by atoms with Crippen molar-refractivity contribution in [2.45, 2.75) is 62.9 Å². The first-order chi connectivity index (χ1) is 12.1. The van der Waals surface area contributed by atoms with Crippen LogP contribution in [0.4, 0.5) is 0 Å². The van der Waals surface area contributed by atoms with Crippen LogP contribution in [0.1, 0.15) is 37.8 Å². The Balaban J connectivity index is 1.54. The zero-order valence-electron chi connectivity index (χ0n) is 15.3. The molecule has 5 heteroatoms. The molecule has 0 radical (unpaired) electrons. The van der Waals surface area contributed by atoms with Crippen LogP contribution in [0.5, 0.6) is 0 Å². The average molecular weight is 362 g/mol. The number of carbonyl (C=O) groups excluding carboxylic acids is 1. The predicted octanol–water partition coefficient (Wildman–Crippen LogP) is 1.93. The van der Waals surface area contributed by atoms with Crippen LogP contribution in [0.25, 0.3) is 0 Å². The van der Waals surface area contributed by atoms with Gasteiger partial charge in [-0.15, -0.1) is 0 Å². The van der Waals surface area contributed by atoms with Gasteiger partial charge in [0.2, 0.25) is 5.91 Å². The van der Waals surface area contributed by atoms with Crippen molar-refractivity contribution in [2.75, 3.05) is 13.1 Å². The number of thiol groups is 1. The molecular formula is C20H31N3OS. The lowest BCUT2D eigenvalue weighted by Gasteiger charge is -2.26. The second-order valence-corrected chi connectivity index (χ2v) is 8.38. The smallest absolute Gasteiger partial charge is 0.237 e. The second kappa shape index (κ2) is 8.56. The standard InChI is InChI=1S/C20H31N3OS/c1-3-13(2)19(22-11-17-10-18(25)12-21-17)20(24)23-16-8-14-6-4-5-7-15(14)9-16/h4-7,13,16-19,21-22,25H,3,8-12H2,1-2H3,(H,23,24)/t13-,17+,18+,19-/m0/s1. The molecule has 0 unspecified atom stereocenters. The van der Waals surface area contributed by atoms with E-state index in [1.54, 1.807) is 0 Å². The van der Waals surface area contributed by atoms with Gasteiger partial charge in [-0.3, -0.25) is 4.79 Å². The van der Waals surface area contributed by atoms with Crippen LogP contribution < -0.4 is 16.0 Å². The minimum atomic E-state index is -0.130. The van der Waals surface area contributed by atoms with Crippen molar-refractivity contribution in [1.29, 1.82) is 0 Å². The summed E-state index contributed by atoms with van der Waals surface area (Å²) >= 11 is 4.53. The Morgan fingerprint density at radius 1 is 1.32 bits per heavy atom. The molecule has 1 heterocycles. The van der Waals surface area contributed by atoms with Gasteiger partial charge >= 0.3 is 0 Å². The first kappa shape index (κ1) is 18.7. The van der Waals surface area contributed by atoms with Crippen LogP contribution in [0.3, 0.4) is 0 Å². The maximum atomic E-state index is 12.9. The van der Waals surface area contributed by atoms with Crippen LogP contribution in [-0.4, -0.2) is 42.4 Å². The first-order valence-corrected chi connectivity index (χ1v) is 10.1.